The second-order valence-corrected chi connectivity index (χ2v) is 10.1. The number of hydrogen-bond acceptors (Lipinski definition) is 2. The lowest BCUT2D eigenvalue weighted by molar-refractivity contribution is -0.122. The number of nitrogens with zero attached hydrogens (tertiary/aromatic N) is 1. The molecule has 5 rings (SSSR count). The van der Waals surface area contributed by atoms with Crippen LogP contribution < -0.4 is 5.43 Å². The summed E-state index contributed by atoms with van der Waals surface area (Å²) in [6.45, 7) is 6.91. The third-order valence-electron chi connectivity index (χ3n) is 8.08. The Balaban J connectivity index is 1.42. The Morgan fingerprint density at radius 1 is 0.931 bits per heavy atom. The fourth-order valence-corrected chi connectivity index (χ4v) is 6.37. The molecule has 150 valence electrons. The fraction of sp³-hybridized carbons (Fsp3) is 0.462. The molecule has 1 amide bonds. The SMILES string of the molecule is CC12CCC(C1)C(C)(C)C2=NNC(=O)C1CC1(c1ccccc1)c1ccccc1. The van der Waals surface area contributed by atoms with E-state index in [-0.39, 0.29) is 28.1 Å². The summed E-state index contributed by atoms with van der Waals surface area (Å²) in [6, 6.07) is 20.9. The highest BCUT2D eigenvalue weighted by Gasteiger charge is 2.61. The molecule has 2 bridgehead atoms. The van der Waals surface area contributed by atoms with E-state index in [1.807, 2.05) is 12.1 Å². The van der Waals surface area contributed by atoms with Gasteiger partial charge in [0, 0.05) is 16.2 Å². The van der Waals surface area contributed by atoms with Crippen LogP contribution in [0.5, 0.6) is 0 Å². The summed E-state index contributed by atoms with van der Waals surface area (Å²) in [7, 11) is 0. The Hall–Kier alpha value is -2.42. The van der Waals surface area contributed by atoms with Crippen LogP contribution in [0.25, 0.3) is 0 Å². The smallest absolute Gasteiger partial charge is 0.244 e. The van der Waals surface area contributed by atoms with Crippen LogP contribution in [-0.4, -0.2) is 11.6 Å². The number of carbonyl (C=O) groups is 1. The van der Waals surface area contributed by atoms with Crippen molar-refractivity contribution in [3.05, 3.63) is 71.8 Å². The van der Waals surface area contributed by atoms with E-state index in [9.17, 15) is 4.79 Å². The van der Waals surface area contributed by atoms with Crippen molar-refractivity contribution in [2.75, 3.05) is 0 Å². The Morgan fingerprint density at radius 2 is 1.52 bits per heavy atom. The Bertz CT molecular complexity index is 916. The van der Waals surface area contributed by atoms with Gasteiger partial charge in [0.05, 0.1) is 11.6 Å². The first-order valence-corrected chi connectivity index (χ1v) is 10.9. The molecule has 1 N–H and O–H groups in total. The summed E-state index contributed by atoms with van der Waals surface area (Å²) < 4.78 is 0. The largest absolute Gasteiger partial charge is 0.273 e. The van der Waals surface area contributed by atoms with Gasteiger partial charge < -0.3 is 0 Å². The monoisotopic (exact) mass is 386 g/mol. The van der Waals surface area contributed by atoms with Crippen molar-refractivity contribution in [3.63, 3.8) is 0 Å². The van der Waals surface area contributed by atoms with E-state index in [1.165, 1.54) is 36.1 Å². The maximum absolute atomic E-state index is 13.2. The fourth-order valence-electron chi connectivity index (χ4n) is 6.37. The van der Waals surface area contributed by atoms with Gasteiger partial charge in [0.2, 0.25) is 5.91 Å². The van der Waals surface area contributed by atoms with Gasteiger partial charge in [-0.2, -0.15) is 5.10 Å². The van der Waals surface area contributed by atoms with Gasteiger partial charge in [-0.25, -0.2) is 5.43 Å². The molecular formula is C26H30N2O. The molecule has 29 heavy (non-hydrogen) atoms. The van der Waals surface area contributed by atoms with Crippen LogP contribution in [0, 0.1) is 22.7 Å². The van der Waals surface area contributed by atoms with Crippen molar-refractivity contribution in [2.45, 2.75) is 51.9 Å². The number of nitrogens with one attached hydrogen (secondary N) is 1. The maximum atomic E-state index is 13.2. The Labute approximate surface area is 173 Å². The molecule has 3 nitrogen and oxygen atoms in total. The molecule has 0 saturated heterocycles. The molecule has 2 aromatic rings. The quantitative estimate of drug-likeness (QED) is 0.711. The normalized spacial score (nSPS) is 32.3. The van der Waals surface area contributed by atoms with E-state index in [4.69, 9.17) is 5.10 Å². The summed E-state index contributed by atoms with van der Waals surface area (Å²) in [5.41, 5.74) is 6.62. The molecule has 0 radical (unpaired) electrons. The average Bonchev–Trinajstić information content (AvgIpc) is 3.32. The summed E-state index contributed by atoms with van der Waals surface area (Å²) in [5.74, 6) is 0.662. The van der Waals surface area contributed by atoms with Gasteiger partial charge in [-0.15, -0.1) is 0 Å². The van der Waals surface area contributed by atoms with E-state index in [1.54, 1.807) is 0 Å². The van der Waals surface area contributed by atoms with Crippen LogP contribution in [0.4, 0.5) is 0 Å². The molecule has 3 aliphatic rings. The lowest BCUT2D eigenvalue weighted by atomic mass is 9.71. The van der Waals surface area contributed by atoms with Crippen LogP contribution in [0.2, 0.25) is 0 Å². The first-order chi connectivity index (χ1) is 13.9. The van der Waals surface area contributed by atoms with Gasteiger partial charge in [0.1, 0.15) is 0 Å². The predicted molar refractivity (Wildman–Crippen MR) is 117 cm³/mol. The molecule has 3 atom stereocenters. The minimum absolute atomic E-state index is 0.0485. The van der Waals surface area contributed by atoms with E-state index in [2.05, 4.69) is 74.7 Å². The summed E-state index contributed by atoms with van der Waals surface area (Å²) in [4.78, 5) is 13.2. The Kier molecular flexibility index (Phi) is 4.03. The minimum Gasteiger partial charge on any atom is -0.273 e. The number of fused-ring (bicyclic) bond motifs is 2. The van der Waals surface area contributed by atoms with Crippen molar-refractivity contribution in [2.24, 2.45) is 27.8 Å². The highest BCUT2D eigenvalue weighted by molar-refractivity contribution is 5.98. The van der Waals surface area contributed by atoms with Crippen LogP contribution in [-0.2, 0) is 10.2 Å². The van der Waals surface area contributed by atoms with Gasteiger partial charge in [-0.05, 0) is 42.7 Å². The van der Waals surface area contributed by atoms with Gasteiger partial charge >= 0.3 is 0 Å². The molecule has 0 heterocycles. The molecule has 0 aromatic heterocycles. The van der Waals surface area contributed by atoms with Crippen LogP contribution in [0.1, 0.15) is 57.6 Å². The number of carbonyl (C=O) groups excluding carboxylic acids is 1. The molecule has 3 aliphatic carbocycles. The topological polar surface area (TPSA) is 41.5 Å². The lowest BCUT2D eigenvalue weighted by Gasteiger charge is -2.35. The molecular weight excluding hydrogens is 356 g/mol. The molecule has 0 aliphatic heterocycles. The van der Waals surface area contributed by atoms with Crippen LogP contribution >= 0.6 is 0 Å². The zero-order chi connectivity index (χ0) is 20.3. The first-order valence-electron chi connectivity index (χ1n) is 10.9. The molecule has 3 fully saturated rings. The molecule has 2 aromatic carbocycles. The van der Waals surface area contributed by atoms with Crippen molar-refractivity contribution < 1.29 is 4.79 Å². The lowest BCUT2D eigenvalue weighted by Crippen LogP contribution is -2.38. The first kappa shape index (κ1) is 18.6. The number of hydrogen-bond donors (Lipinski definition) is 1. The third-order valence-corrected chi connectivity index (χ3v) is 8.08. The van der Waals surface area contributed by atoms with Gasteiger partial charge in [-0.1, -0.05) is 81.4 Å². The minimum atomic E-state index is -0.235. The number of amides is 1. The maximum Gasteiger partial charge on any atom is 0.244 e. The average molecular weight is 387 g/mol. The standard InChI is InChI=1S/C26H30N2O/c1-24(2)20-14-15-25(3,16-20)23(24)28-27-22(29)21-17-26(21,18-10-6-4-7-11-18)19-12-8-5-9-13-19/h4-13,20-21H,14-17H2,1-3H3,(H,27,29). The van der Waals surface area contributed by atoms with E-state index in [0.29, 0.717) is 5.92 Å². The zero-order valence-electron chi connectivity index (χ0n) is 17.6. The van der Waals surface area contributed by atoms with E-state index in [0.717, 1.165) is 6.42 Å². The third kappa shape index (κ3) is 2.70. The second-order valence-electron chi connectivity index (χ2n) is 10.1. The van der Waals surface area contributed by atoms with Crippen LogP contribution in [0.15, 0.2) is 65.8 Å². The zero-order valence-corrected chi connectivity index (χ0v) is 17.6. The second kappa shape index (κ2) is 6.29. The van der Waals surface area contributed by atoms with E-state index >= 15 is 0 Å². The van der Waals surface area contributed by atoms with Crippen molar-refractivity contribution in [1.29, 1.82) is 0 Å². The molecule has 3 unspecified atom stereocenters. The van der Waals surface area contributed by atoms with Crippen molar-refractivity contribution in [3.8, 4) is 0 Å². The van der Waals surface area contributed by atoms with E-state index < -0.39 is 0 Å². The summed E-state index contributed by atoms with van der Waals surface area (Å²) in [6.07, 6.45) is 4.51. The number of benzene rings is 2. The molecule has 0 spiro atoms. The van der Waals surface area contributed by atoms with Crippen LogP contribution in [0.3, 0.4) is 0 Å². The van der Waals surface area contributed by atoms with Crippen molar-refractivity contribution >= 4 is 11.6 Å². The summed E-state index contributed by atoms with van der Waals surface area (Å²) >= 11 is 0. The van der Waals surface area contributed by atoms with Gasteiger partial charge in [0.25, 0.3) is 0 Å². The number of hydrazone groups is 1. The number of rotatable bonds is 4. The van der Waals surface area contributed by atoms with Gasteiger partial charge in [0.15, 0.2) is 0 Å². The summed E-state index contributed by atoms with van der Waals surface area (Å²) in [5, 5.41) is 4.76. The predicted octanol–water partition coefficient (Wildman–Crippen LogP) is 5.31. The Morgan fingerprint density at radius 3 is 2.03 bits per heavy atom. The molecule has 3 heteroatoms. The highest BCUT2D eigenvalue weighted by atomic mass is 16.2. The molecule has 3 saturated carbocycles. The van der Waals surface area contributed by atoms with Gasteiger partial charge in [-0.3, -0.25) is 4.79 Å². The van der Waals surface area contributed by atoms with Crippen molar-refractivity contribution in [1.82, 2.24) is 5.43 Å². The highest BCUT2D eigenvalue weighted by Crippen LogP contribution is 2.61.